The lowest BCUT2D eigenvalue weighted by Crippen LogP contribution is -2.18. The standard InChI is InChI=1S/C13H20N2O2S/c1-3-5-10-8-14-11-6-4-7-12(18(2,16)17)13(11)15-9-10/h4,6-7,10,14-15H,3,5,8-9H2,1-2H3. The van der Waals surface area contributed by atoms with Crippen molar-refractivity contribution >= 4 is 21.2 Å². The zero-order valence-corrected chi connectivity index (χ0v) is 11.7. The van der Waals surface area contributed by atoms with Crippen LogP contribution in [0.1, 0.15) is 19.8 Å². The largest absolute Gasteiger partial charge is 0.383 e. The first-order chi connectivity index (χ1) is 8.52. The molecule has 0 radical (unpaired) electrons. The molecule has 0 amide bonds. The minimum absolute atomic E-state index is 0.379. The van der Waals surface area contributed by atoms with E-state index in [2.05, 4.69) is 17.6 Å². The number of para-hydroxylation sites is 1. The molecule has 0 saturated carbocycles. The molecule has 18 heavy (non-hydrogen) atoms. The van der Waals surface area contributed by atoms with Gasteiger partial charge in [-0.05, 0) is 24.5 Å². The molecule has 100 valence electrons. The summed E-state index contributed by atoms with van der Waals surface area (Å²) in [4.78, 5) is 0.379. The summed E-state index contributed by atoms with van der Waals surface area (Å²) in [5, 5.41) is 6.64. The molecule has 1 unspecified atom stereocenters. The van der Waals surface area contributed by atoms with Crippen LogP contribution in [0.25, 0.3) is 0 Å². The van der Waals surface area contributed by atoms with Crippen molar-refractivity contribution in [2.75, 3.05) is 30.0 Å². The number of rotatable bonds is 3. The van der Waals surface area contributed by atoms with E-state index in [0.29, 0.717) is 10.8 Å². The van der Waals surface area contributed by atoms with Crippen LogP contribution in [0.5, 0.6) is 0 Å². The van der Waals surface area contributed by atoms with E-state index in [9.17, 15) is 8.42 Å². The van der Waals surface area contributed by atoms with Crippen molar-refractivity contribution in [3.05, 3.63) is 18.2 Å². The first kappa shape index (κ1) is 13.2. The van der Waals surface area contributed by atoms with Gasteiger partial charge >= 0.3 is 0 Å². The molecule has 4 nitrogen and oxygen atoms in total. The summed E-state index contributed by atoms with van der Waals surface area (Å²) >= 11 is 0. The highest BCUT2D eigenvalue weighted by Gasteiger charge is 2.20. The Morgan fingerprint density at radius 2 is 2.00 bits per heavy atom. The molecule has 1 heterocycles. The second-order valence-corrected chi connectivity index (χ2v) is 6.85. The molecular weight excluding hydrogens is 248 g/mol. The fourth-order valence-electron chi connectivity index (χ4n) is 2.36. The van der Waals surface area contributed by atoms with Gasteiger partial charge in [0, 0.05) is 19.3 Å². The van der Waals surface area contributed by atoms with Crippen LogP contribution in [0.4, 0.5) is 11.4 Å². The van der Waals surface area contributed by atoms with Gasteiger partial charge in [0.25, 0.3) is 0 Å². The molecule has 1 aromatic carbocycles. The van der Waals surface area contributed by atoms with Crippen molar-refractivity contribution < 1.29 is 8.42 Å². The monoisotopic (exact) mass is 268 g/mol. The summed E-state index contributed by atoms with van der Waals surface area (Å²) in [6.07, 6.45) is 3.53. The van der Waals surface area contributed by atoms with Gasteiger partial charge in [-0.25, -0.2) is 8.42 Å². The zero-order chi connectivity index (χ0) is 13.2. The number of sulfone groups is 1. The Morgan fingerprint density at radius 1 is 1.28 bits per heavy atom. The molecular formula is C13H20N2O2S. The zero-order valence-electron chi connectivity index (χ0n) is 10.9. The fourth-order valence-corrected chi connectivity index (χ4v) is 3.23. The van der Waals surface area contributed by atoms with Crippen molar-refractivity contribution in [1.82, 2.24) is 0 Å². The van der Waals surface area contributed by atoms with Gasteiger partial charge in [-0.2, -0.15) is 0 Å². The van der Waals surface area contributed by atoms with Crippen LogP contribution in [-0.4, -0.2) is 27.8 Å². The summed E-state index contributed by atoms with van der Waals surface area (Å²) in [5.41, 5.74) is 1.61. The molecule has 0 aromatic heterocycles. The van der Waals surface area contributed by atoms with Gasteiger partial charge in [0.2, 0.25) is 0 Å². The van der Waals surface area contributed by atoms with Crippen LogP contribution >= 0.6 is 0 Å². The van der Waals surface area contributed by atoms with Gasteiger partial charge < -0.3 is 10.6 Å². The molecule has 0 bridgehead atoms. The normalized spacial score (nSPS) is 19.3. The molecule has 1 aromatic rings. The van der Waals surface area contributed by atoms with Crippen molar-refractivity contribution in [1.29, 1.82) is 0 Å². The molecule has 1 aliphatic rings. The minimum atomic E-state index is -3.19. The number of nitrogens with one attached hydrogen (secondary N) is 2. The number of fused-ring (bicyclic) bond motifs is 1. The number of benzene rings is 1. The van der Waals surface area contributed by atoms with Gasteiger partial charge in [-0.3, -0.25) is 0 Å². The smallest absolute Gasteiger partial charge is 0.177 e. The van der Waals surface area contributed by atoms with Gasteiger partial charge in [0.1, 0.15) is 0 Å². The highest BCUT2D eigenvalue weighted by atomic mass is 32.2. The third-order valence-corrected chi connectivity index (χ3v) is 4.41. The first-order valence-corrected chi connectivity index (χ1v) is 8.22. The fraction of sp³-hybridized carbons (Fsp3) is 0.538. The number of hydrogen-bond acceptors (Lipinski definition) is 4. The van der Waals surface area contributed by atoms with Crippen molar-refractivity contribution in [3.8, 4) is 0 Å². The van der Waals surface area contributed by atoms with E-state index in [1.165, 1.54) is 6.26 Å². The van der Waals surface area contributed by atoms with E-state index >= 15 is 0 Å². The first-order valence-electron chi connectivity index (χ1n) is 6.33. The average Bonchev–Trinajstić information content (AvgIpc) is 2.51. The molecule has 2 N–H and O–H groups in total. The predicted molar refractivity (Wildman–Crippen MR) is 74.9 cm³/mol. The van der Waals surface area contributed by atoms with Crippen molar-refractivity contribution in [3.63, 3.8) is 0 Å². The lowest BCUT2D eigenvalue weighted by Gasteiger charge is -2.13. The lowest BCUT2D eigenvalue weighted by molar-refractivity contribution is 0.531. The van der Waals surface area contributed by atoms with Crippen LogP contribution in [0.15, 0.2) is 23.1 Å². The molecule has 0 fully saturated rings. The van der Waals surface area contributed by atoms with E-state index in [1.54, 1.807) is 12.1 Å². The molecule has 0 saturated heterocycles. The van der Waals surface area contributed by atoms with Gasteiger partial charge in [0.15, 0.2) is 9.84 Å². The maximum Gasteiger partial charge on any atom is 0.177 e. The molecule has 2 rings (SSSR count). The third-order valence-electron chi connectivity index (χ3n) is 3.27. The topological polar surface area (TPSA) is 58.2 Å². The van der Waals surface area contributed by atoms with E-state index in [0.717, 1.165) is 37.3 Å². The summed E-state index contributed by atoms with van der Waals surface area (Å²) in [7, 11) is -3.19. The van der Waals surface area contributed by atoms with Crippen LogP contribution in [0, 0.1) is 5.92 Å². The number of hydrogen-bond donors (Lipinski definition) is 2. The van der Waals surface area contributed by atoms with E-state index in [-0.39, 0.29) is 0 Å². The Kier molecular flexibility index (Phi) is 3.80. The second kappa shape index (κ2) is 5.18. The van der Waals surface area contributed by atoms with Gasteiger partial charge in [-0.15, -0.1) is 0 Å². The van der Waals surface area contributed by atoms with E-state index in [4.69, 9.17) is 0 Å². The summed E-state index contributed by atoms with van der Waals surface area (Å²) in [5.74, 6) is 0.537. The predicted octanol–water partition coefficient (Wildman–Crippen LogP) is 2.34. The number of anilines is 2. The van der Waals surface area contributed by atoms with Crippen LogP contribution < -0.4 is 10.6 Å². The van der Waals surface area contributed by atoms with E-state index in [1.807, 2.05) is 6.07 Å². The van der Waals surface area contributed by atoms with E-state index < -0.39 is 9.84 Å². The van der Waals surface area contributed by atoms with Crippen molar-refractivity contribution in [2.45, 2.75) is 24.7 Å². The summed E-state index contributed by atoms with van der Waals surface area (Å²) < 4.78 is 23.5. The lowest BCUT2D eigenvalue weighted by atomic mass is 10.0. The Morgan fingerprint density at radius 3 is 2.67 bits per heavy atom. The maximum absolute atomic E-state index is 11.8. The summed E-state index contributed by atoms with van der Waals surface area (Å²) in [6, 6.07) is 5.36. The molecule has 1 atom stereocenters. The highest BCUT2D eigenvalue weighted by Crippen LogP contribution is 2.32. The third kappa shape index (κ3) is 2.77. The molecule has 5 heteroatoms. The molecule has 0 spiro atoms. The Balaban J connectivity index is 2.33. The van der Waals surface area contributed by atoms with Gasteiger partial charge in [-0.1, -0.05) is 19.4 Å². The SMILES string of the molecule is CCCC1CNc2cccc(S(C)(=O)=O)c2NC1. The second-order valence-electron chi connectivity index (χ2n) is 4.87. The van der Waals surface area contributed by atoms with Crippen molar-refractivity contribution in [2.24, 2.45) is 5.92 Å². The Labute approximate surface area is 109 Å². The minimum Gasteiger partial charge on any atom is -0.383 e. The average molecular weight is 268 g/mol. The summed E-state index contributed by atoms with van der Waals surface area (Å²) in [6.45, 7) is 3.88. The van der Waals surface area contributed by atoms with Gasteiger partial charge in [0.05, 0.1) is 16.3 Å². The quantitative estimate of drug-likeness (QED) is 0.883. The van der Waals surface area contributed by atoms with Crippen LogP contribution in [-0.2, 0) is 9.84 Å². The maximum atomic E-state index is 11.8. The molecule has 1 aliphatic heterocycles. The van der Waals surface area contributed by atoms with Crippen LogP contribution in [0.3, 0.4) is 0 Å². The Bertz CT molecular complexity index is 526. The van der Waals surface area contributed by atoms with Crippen LogP contribution in [0.2, 0.25) is 0 Å². The highest BCUT2D eigenvalue weighted by molar-refractivity contribution is 7.90. The Hall–Kier alpha value is -1.23. The molecule has 0 aliphatic carbocycles.